The summed E-state index contributed by atoms with van der Waals surface area (Å²) in [5, 5.41) is 0. The molecule has 0 spiro atoms. The molecule has 0 unspecified atom stereocenters. The SMILES string of the molecule is CCN(C(=O)CN1C(=O)[C@H]2CCCC2=Nc2cc(C)c(C)cc21)c1cccc(C)c1. The summed E-state index contributed by atoms with van der Waals surface area (Å²) in [5.41, 5.74) is 6.72. The average molecular weight is 404 g/mol. The van der Waals surface area contributed by atoms with Crippen molar-refractivity contribution in [3.8, 4) is 0 Å². The van der Waals surface area contributed by atoms with E-state index in [4.69, 9.17) is 4.99 Å². The molecule has 2 aliphatic rings. The van der Waals surface area contributed by atoms with Crippen LogP contribution in [0.3, 0.4) is 0 Å². The summed E-state index contributed by atoms with van der Waals surface area (Å²) >= 11 is 0. The van der Waals surface area contributed by atoms with Crippen molar-refractivity contribution in [2.45, 2.75) is 47.0 Å². The van der Waals surface area contributed by atoms with E-state index in [1.165, 1.54) is 0 Å². The van der Waals surface area contributed by atoms with Crippen LogP contribution in [-0.2, 0) is 9.59 Å². The molecular formula is C25H29N3O2. The molecule has 156 valence electrons. The predicted molar refractivity (Wildman–Crippen MR) is 122 cm³/mol. The molecule has 1 saturated carbocycles. The van der Waals surface area contributed by atoms with Gasteiger partial charge in [-0.25, -0.2) is 0 Å². The Kier molecular flexibility index (Phi) is 5.46. The average Bonchev–Trinajstić information content (AvgIpc) is 3.14. The number of hydrogen-bond donors (Lipinski definition) is 0. The van der Waals surface area contributed by atoms with Crippen LogP contribution in [0.4, 0.5) is 17.1 Å². The van der Waals surface area contributed by atoms with Crippen LogP contribution < -0.4 is 9.80 Å². The minimum absolute atomic E-state index is 0.00176. The molecule has 1 heterocycles. The number of rotatable bonds is 4. The number of amides is 2. The van der Waals surface area contributed by atoms with E-state index in [1.807, 2.05) is 57.2 Å². The van der Waals surface area contributed by atoms with Crippen molar-refractivity contribution >= 4 is 34.6 Å². The Labute approximate surface area is 178 Å². The van der Waals surface area contributed by atoms with E-state index in [2.05, 4.69) is 6.92 Å². The Morgan fingerprint density at radius 2 is 1.93 bits per heavy atom. The fourth-order valence-corrected chi connectivity index (χ4v) is 4.46. The zero-order valence-corrected chi connectivity index (χ0v) is 18.2. The van der Waals surface area contributed by atoms with Crippen LogP contribution in [0.1, 0.15) is 42.9 Å². The van der Waals surface area contributed by atoms with E-state index in [0.717, 1.165) is 58.7 Å². The molecule has 0 bridgehead atoms. The Balaban J connectivity index is 1.72. The molecule has 0 saturated heterocycles. The number of anilines is 2. The van der Waals surface area contributed by atoms with Gasteiger partial charge in [0.25, 0.3) is 0 Å². The van der Waals surface area contributed by atoms with Crippen molar-refractivity contribution in [3.05, 3.63) is 53.1 Å². The highest BCUT2D eigenvalue weighted by Crippen LogP contribution is 2.39. The van der Waals surface area contributed by atoms with Gasteiger partial charge in [-0.3, -0.25) is 14.6 Å². The van der Waals surface area contributed by atoms with E-state index in [1.54, 1.807) is 9.80 Å². The van der Waals surface area contributed by atoms with E-state index >= 15 is 0 Å². The lowest BCUT2D eigenvalue weighted by Gasteiger charge is -2.28. The first-order valence-corrected chi connectivity index (χ1v) is 10.8. The largest absolute Gasteiger partial charge is 0.311 e. The second-order valence-corrected chi connectivity index (χ2v) is 8.37. The molecule has 2 aromatic rings. The number of aryl methyl sites for hydroxylation is 3. The van der Waals surface area contributed by atoms with Crippen LogP contribution in [0.5, 0.6) is 0 Å². The minimum Gasteiger partial charge on any atom is -0.311 e. The maximum absolute atomic E-state index is 13.5. The van der Waals surface area contributed by atoms with Crippen molar-refractivity contribution in [3.63, 3.8) is 0 Å². The van der Waals surface area contributed by atoms with Crippen LogP contribution >= 0.6 is 0 Å². The molecule has 1 aliphatic carbocycles. The minimum atomic E-state index is -0.208. The highest BCUT2D eigenvalue weighted by molar-refractivity contribution is 6.17. The van der Waals surface area contributed by atoms with Gasteiger partial charge in [0.05, 0.1) is 17.3 Å². The first-order valence-electron chi connectivity index (χ1n) is 10.8. The standard InChI is InChI=1S/C25H29N3O2/c1-5-27(19-9-6-8-16(2)12-19)24(29)15-28-23-14-18(4)17(3)13-22(23)26-21-11-7-10-20(21)25(28)30/h6,8-9,12-14,20H,5,7,10-11,15H2,1-4H3/t20-/m0/s1. The molecule has 2 amide bonds. The second-order valence-electron chi connectivity index (χ2n) is 8.37. The van der Waals surface area contributed by atoms with Gasteiger partial charge in [-0.05, 0) is 87.9 Å². The topological polar surface area (TPSA) is 53.0 Å². The lowest BCUT2D eigenvalue weighted by molar-refractivity contribution is -0.123. The van der Waals surface area contributed by atoms with Crippen LogP contribution in [-0.4, -0.2) is 30.6 Å². The van der Waals surface area contributed by atoms with E-state index < -0.39 is 0 Å². The maximum atomic E-state index is 13.5. The molecule has 5 nitrogen and oxygen atoms in total. The van der Waals surface area contributed by atoms with Crippen LogP contribution in [0, 0.1) is 26.7 Å². The molecule has 1 atom stereocenters. The Hall–Kier alpha value is -2.95. The number of benzene rings is 2. The number of hydrogen-bond acceptors (Lipinski definition) is 3. The lowest BCUT2D eigenvalue weighted by Crippen LogP contribution is -2.45. The fraction of sp³-hybridized carbons (Fsp3) is 0.400. The third-order valence-electron chi connectivity index (χ3n) is 6.26. The summed E-state index contributed by atoms with van der Waals surface area (Å²) in [4.78, 5) is 35.2. The maximum Gasteiger partial charge on any atom is 0.247 e. The molecule has 0 N–H and O–H groups in total. The number of nitrogens with zero attached hydrogens (tertiary/aromatic N) is 3. The summed E-state index contributed by atoms with van der Waals surface area (Å²) in [7, 11) is 0. The monoisotopic (exact) mass is 403 g/mol. The van der Waals surface area contributed by atoms with Crippen molar-refractivity contribution in [1.82, 2.24) is 0 Å². The zero-order chi connectivity index (χ0) is 21.4. The van der Waals surface area contributed by atoms with E-state index in [9.17, 15) is 9.59 Å². The smallest absolute Gasteiger partial charge is 0.247 e. The van der Waals surface area contributed by atoms with Gasteiger partial charge in [0.2, 0.25) is 11.8 Å². The van der Waals surface area contributed by atoms with Gasteiger partial charge in [0.15, 0.2) is 0 Å². The number of fused-ring (bicyclic) bond motifs is 2. The van der Waals surface area contributed by atoms with Crippen LogP contribution in [0.15, 0.2) is 41.4 Å². The van der Waals surface area contributed by atoms with Gasteiger partial charge in [-0.15, -0.1) is 0 Å². The molecule has 0 radical (unpaired) electrons. The quantitative estimate of drug-likeness (QED) is 0.730. The molecular weight excluding hydrogens is 374 g/mol. The lowest BCUT2D eigenvalue weighted by atomic mass is 10.0. The van der Waals surface area contributed by atoms with Gasteiger partial charge in [0.1, 0.15) is 6.54 Å². The highest BCUT2D eigenvalue weighted by atomic mass is 16.2. The zero-order valence-electron chi connectivity index (χ0n) is 18.2. The summed E-state index contributed by atoms with van der Waals surface area (Å²) in [6.45, 7) is 8.64. The summed E-state index contributed by atoms with van der Waals surface area (Å²) in [5.74, 6) is -0.288. The van der Waals surface area contributed by atoms with Gasteiger partial charge in [-0.2, -0.15) is 0 Å². The molecule has 4 rings (SSSR count). The fourth-order valence-electron chi connectivity index (χ4n) is 4.46. The molecule has 5 heteroatoms. The molecule has 1 aliphatic heterocycles. The molecule has 2 aromatic carbocycles. The summed E-state index contributed by atoms with van der Waals surface area (Å²) < 4.78 is 0. The van der Waals surface area contributed by atoms with Crippen molar-refractivity contribution < 1.29 is 9.59 Å². The third kappa shape index (κ3) is 3.64. The van der Waals surface area contributed by atoms with Gasteiger partial charge in [-0.1, -0.05) is 12.1 Å². The van der Waals surface area contributed by atoms with Crippen molar-refractivity contribution in [2.75, 3.05) is 22.9 Å². The first kappa shape index (κ1) is 20.3. The summed E-state index contributed by atoms with van der Waals surface area (Å²) in [6.07, 6.45) is 2.64. The van der Waals surface area contributed by atoms with Crippen LogP contribution in [0.25, 0.3) is 0 Å². The Morgan fingerprint density at radius 3 is 2.67 bits per heavy atom. The molecule has 0 aromatic heterocycles. The van der Waals surface area contributed by atoms with Crippen molar-refractivity contribution in [2.24, 2.45) is 10.9 Å². The first-order chi connectivity index (χ1) is 14.4. The van der Waals surface area contributed by atoms with Crippen LogP contribution in [0.2, 0.25) is 0 Å². The number of carbonyl (C=O) groups excluding carboxylic acids is 2. The highest BCUT2D eigenvalue weighted by Gasteiger charge is 2.37. The van der Waals surface area contributed by atoms with Gasteiger partial charge in [0, 0.05) is 17.9 Å². The Bertz CT molecular complexity index is 1040. The number of carbonyl (C=O) groups is 2. The Morgan fingerprint density at radius 1 is 1.17 bits per heavy atom. The molecule has 30 heavy (non-hydrogen) atoms. The van der Waals surface area contributed by atoms with E-state index in [0.29, 0.717) is 6.54 Å². The van der Waals surface area contributed by atoms with Gasteiger partial charge < -0.3 is 9.80 Å². The molecule has 1 fully saturated rings. The van der Waals surface area contributed by atoms with E-state index in [-0.39, 0.29) is 24.3 Å². The van der Waals surface area contributed by atoms with Gasteiger partial charge >= 0.3 is 0 Å². The number of likely N-dealkylation sites (N-methyl/N-ethyl adjacent to an activating group) is 1. The normalized spacial score (nSPS) is 17.9. The summed E-state index contributed by atoms with van der Waals surface area (Å²) in [6, 6.07) is 12.0. The predicted octanol–water partition coefficient (Wildman–Crippen LogP) is 4.88. The van der Waals surface area contributed by atoms with Crippen molar-refractivity contribution in [1.29, 1.82) is 0 Å². The number of aliphatic imine (C=N–C) groups is 1. The third-order valence-corrected chi connectivity index (χ3v) is 6.26. The second kappa shape index (κ2) is 8.05.